The van der Waals surface area contributed by atoms with E-state index in [4.69, 9.17) is 5.26 Å². The lowest BCUT2D eigenvalue weighted by atomic mass is 10.1. The summed E-state index contributed by atoms with van der Waals surface area (Å²) in [5.74, 6) is 5.94. The molecule has 0 unspecified atom stereocenters. The Balaban J connectivity index is 2.36. The summed E-state index contributed by atoms with van der Waals surface area (Å²) < 4.78 is 0. The van der Waals surface area contributed by atoms with Crippen molar-refractivity contribution >= 4 is 0 Å². The fourth-order valence-corrected chi connectivity index (χ4v) is 1.25. The molecule has 2 nitrogen and oxygen atoms in total. The molecule has 0 N–H and O–H groups in total. The second-order valence-corrected chi connectivity index (χ2v) is 3.15. The highest BCUT2D eigenvalue weighted by molar-refractivity contribution is 5.49. The third-order valence-corrected chi connectivity index (χ3v) is 2.06. The average molecular weight is 204 g/mol. The van der Waals surface area contributed by atoms with Gasteiger partial charge < -0.3 is 0 Å². The van der Waals surface area contributed by atoms with Crippen molar-refractivity contribution < 1.29 is 0 Å². The summed E-state index contributed by atoms with van der Waals surface area (Å²) in [5.41, 5.74) is 2.14. The summed E-state index contributed by atoms with van der Waals surface area (Å²) >= 11 is 0. The van der Waals surface area contributed by atoms with Gasteiger partial charge in [-0.2, -0.15) is 5.26 Å². The topological polar surface area (TPSA) is 36.7 Å². The first-order valence-corrected chi connectivity index (χ1v) is 4.81. The average Bonchev–Trinajstić information content (AvgIpc) is 2.38. The summed E-state index contributed by atoms with van der Waals surface area (Å²) in [6, 6.07) is 13.4. The van der Waals surface area contributed by atoms with Gasteiger partial charge in [-0.15, -0.1) is 0 Å². The van der Waals surface area contributed by atoms with E-state index in [0.29, 0.717) is 11.1 Å². The summed E-state index contributed by atoms with van der Waals surface area (Å²) in [5, 5.41) is 8.87. The molecule has 1 heterocycles. The quantitative estimate of drug-likeness (QED) is 0.617. The zero-order valence-electron chi connectivity index (χ0n) is 8.51. The first-order valence-electron chi connectivity index (χ1n) is 4.81. The van der Waals surface area contributed by atoms with Crippen molar-refractivity contribution in [2.24, 2.45) is 0 Å². The monoisotopic (exact) mass is 204 g/mol. The fourth-order valence-electron chi connectivity index (χ4n) is 1.25. The van der Waals surface area contributed by atoms with Gasteiger partial charge >= 0.3 is 0 Å². The lowest BCUT2D eigenvalue weighted by Gasteiger charge is -1.92. The van der Waals surface area contributed by atoms with E-state index in [-0.39, 0.29) is 0 Å². The number of nitrogens with zero attached hydrogens (tertiary/aromatic N) is 2. The van der Waals surface area contributed by atoms with Crippen LogP contribution in [0.2, 0.25) is 0 Å². The molecule has 0 aliphatic heterocycles. The van der Waals surface area contributed by atoms with Crippen LogP contribution >= 0.6 is 0 Å². The van der Waals surface area contributed by atoms with Crippen LogP contribution in [0, 0.1) is 23.2 Å². The largest absolute Gasteiger partial charge is 0.263 e. The summed E-state index contributed by atoms with van der Waals surface area (Å²) in [6.45, 7) is 0. The van der Waals surface area contributed by atoms with Gasteiger partial charge in [0.25, 0.3) is 0 Å². The lowest BCUT2D eigenvalue weighted by molar-refractivity contribution is 1.29. The molecule has 16 heavy (non-hydrogen) atoms. The van der Waals surface area contributed by atoms with E-state index < -0.39 is 0 Å². The lowest BCUT2D eigenvalue weighted by Crippen LogP contribution is -1.84. The molecule has 0 fully saturated rings. The van der Waals surface area contributed by atoms with Crippen molar-refractivity contribution in [2.75, 3.05) is 0 Å². The van der Waals surface area contributed by atoms with Gasteiger partial charge in [-0.1, -0.05) is 30.0 Å². The number of benzene rings is 1. The van der Waals surface area contributed by atoms with E-state index in [1.54, 1.807) is 18.5 Å². The predicted molar refractivity (Wildman–Crippen MR) is 61.4 cm³/mol. The van der Waals surface area contributed by atoms with Gasteiger partial charge in [0.1, 0.15) is 6.07 Å². The molecule has 1 aromatic carbocycles. The molecular weight excluding hydrogens is 196 g/mol. The summed E-state index contributed by atoms with van der Waals surface area (Å²) in [7, 11) is 0. The van der Waals surface area contributed by atoms with Crippen molar-refractivity contribution in [3.8, 4) is 17.9 Å². The van der Waals surface area contributed by atoms with Gasteiger partial charge in [0, 0.05) is 18.0 Å². The van der Waals surface area contributed by atoms with E-state index in [9.17, 15) is 0 Å². The van der Waals surface area contributed by atoms with Crippen LogP contribution in [-0.4, -0.2) is 4.98 Å². The molecule has 2 heteroatoms. The molecule has 74 valence electrons. The van der Waals surface area contributed by atoms with Crippen molar-refractivity contribution in [1.29, 1.82) is 5.26 Å². The maximum Gasteiger partial charge on any atom is 0.101 e. The molecule has 0 radical (unpaired) electrons. The highest BCUT2D eigenvalue weighted by atomic mass is 14.6. The molecule has 0 bridgehead atoms. The van der Waals surface area contributed by atoms with Crippen LogP contribution in [0.15, 0.2) is 48.8 Å². The minimum absolute atomic E-state index is 0.554. The number of rotatable bonds is 0. The van der Waals surface area contributed by atoms with Crippen molar-refractivity contribution in [2.45, 2.75) is 0 Å². The van der Waals surface area contributed by atoms with Crippen LogP contribution in [0.3, 0.4) is 0 Å². The van der Waals surface area contributed by atoms with Crippen molar-refractivity contribution in [1.82, 2.24) is 4.98 Å². The van der Waals surface area contributed by atoms with E-state index in [0.717, 1.165) is 5.56 Å². The van der Waals surface area contributed by atoms with Crippen LogP contribution in [0.5, 0.6) is 0 Å². The van der Waals surface area contributed by atoms with Gasteiger partial charge in [0.2, 0.25) is 0 Å². The van der Waals surface area contributed by atoms with Crippen molar-refractivity contribution in [3.05, 3.63) is 65.5 Å². The van der Waals surface area contributed by atoms with E-state index in [1.807, 2.05) is 30.3 Å². The Morgan fingerprint density at radius 1 is 0.938 bits per heavy atom. The molecule has 0 aliphatic carbocycles. The molecule has 2 aromatic rings. The molecule has 0 spiro atoms. The summed E-state index contributed by atoms with van der Waals surface area (Å²) in [4.78, 5) is 3.95. The standard InChI is InChI=1S/C14H8N2/c15-10-13-8-9-16-11-14(13)7-6-12-4-2-1-3-5-12/h1-5,8-9,11H. The Bertz CT molecular complexity index is 583. The maximum atomic E-state index is 8.87. The predicted octanol–water partition coefficient (Wildman–Crippen LogP) is 2.35. The van der Waals surface area contributed by atoms with E-state index in [2.05, 4.69) is 22.9 Å². The number of aromatic nitrogens is 1. The third kappa shape index (κ3) is 2.26. The Hall–Kier alpha value is -2.58. The van der Waals surface area contributed by atoms with Crippen LogP contribution in [0.4, 0.5) is 0 Å². The first-order chi connectivity index (χ1) is 7.90. The molecule has 0 atom stereocenters. The Morgan fingerprint density at radius 2 is 1.75 bits per heavy atom. The van der Waals surface area contributed by atoms with Gasteiger partial charge in [0.05, 0.1) is 11.1 Å². The molecule has 0 amide bonds. The third-order valence-electron chi connectivity index (χ3n) is 2.06. The molecule has 0 aliphatic rings. The number of hydrogen-bond acceptors (Lipinski definition) is 2. The highest BCUT2D eigenvalue weighted by Gasteiger charge is 1.96. The smallest absolute Gasteiger partial charge is 0.101 e. The number of hydrogen-bond donors (Lipinski definition) is 0. The van der Waals surface area contributed by atoms with Crippen LogP contribution in [0.1, 0.15) is 16.7 Å². The van der Waals surface area contributed by atoms with E-state index >= 15 is 0 Å². The molecular formula is C14H8N2. The van der Waals surface area contributed by atoms with Gasteiger partial charge in [0.15, 0.2) is 0 Å². The van der Waals surface area contributed by atoms with Crippen LogP contribution in [-0.2, 0) is 0 Å². The first kappa shape index (κ1) is 9.96. The minimum atomic E-state index is 0.554. The maximum absolute atomic E-state index is 8.87. The Labute approximate surface area is 94.2 Å². The second kappa shape index (κ2) is 4.77. The van der Waals surface area contributed by atoms with Crippen LogP contribution < -0.4 is 0 Å². The fraction of sp³-hybridized carbons (Fsp3) is 0. The Morgan fingerprint density at radius 3 is 2.50 bits per heavy atom. The second-order valence-electron chi connectivity index (χ2n) is 3.15. The zero-order chi connectivity index (χ0) is 11.2. The molecule has 0 saturated heterocycles. The van der Waals surface area contributed by atoms with Gasteiger partial charge in [-0.25, -0.2) is 0 Å². The SMILES string of the molecule is N#Cc1ccncc1C#Cc1ccccc1. The van der Waals surface area contributed by atoms with Gasteiger partial charge in [-0.05, 0) is 18.2 Å². The van der Waals surface area contributed by atoms with E-state index in [1.165, 1.54) is 0 Å². The van der Waals surface area contributed by atoms with Crippen LogP contribution in [0.25, 0.3) is 0 Å². The van der Waals surface area contributed by atoms with Crippen molar-refractivity contribution in [3.63, 3.8) is 0 Å². The number of nitriles is 1. The minimum Gasteiger partial charge on any atom is -0.263 e. The molecule has 1 aromatic heterocycles. The summed E-state index contributed by atoms with van der Waals surface area (Å²) in [6.07, 6.45) is 3.20. The normalized spacial score (nSPS) is 8.69. The molecule has 0 saturated carbocycles. The highest BCUT2D eigenvalue weighted by Crippen LogP contribution is 2.03. The zero-order valence-corrected chi connectivity index (χ0v) is 8.51. The van der Waals surface area contributed by atoms with Gasteiger partial charge in [-0.3, -0.25) is 4.98 Å². The number of pyridine rings is 1. The Kier molecular flexibility index (Phi) is 2.97. The molecule has 2 rings (SSSR count).